The lowest BCUT2D eigenvalue weighted by atomic mass is 10.0. The molecule has 2 aliphatic rings. The molecule has 3 N–H and O–H groups in total. The molecule has 12 nitrogen and oxygen atoms in total. The van der Waals surface area contributed by atoms with E-state index in [1.165, 1.54) is 34.5 Å². The van der Waals surface area contributed by atoms with Gasteiger partial charge in [-0.1, -0.05) is 84.5 Å². The number of hydrogen-bond donors (Lipinski definition) is 2. The van der Waals surface area contributed by atoms with E-state index in [1.807, 2.05) is 90.3 Å². The van der Waals surface area contributed by atoms with Gasteiger partial charge < -0.3 is 20.6 Å². The van der Waals surface area contributed by atoms with Gasteiger partial charge in [-0.05, 0) is 40.3 Å². The van der Waals surface area contributed by atoms with Crippen LogP contribution in [0.2, 0.25) is 0 Å². The minimum absolute atomic E-state index is 0.0338. The zero-order valence-electron chi connectivity index (χ0n) is 26.5. The van der Waals surface area contributed by atoms with E-state index in [0.29, 0.717) is 11.5 Å². The summed E-state index contributed by atoms with van der Waals surface area (Å²) in [6.45, 7) is 3.61. The molecule has 2 aromatic carbocycles. The second kappa shape index (κ2) is 16.4. The van der Waals surface area contributed by atoms with E-state index in [9.17, 15) is 14.4 Å². The summed E-state index contributed by atoms with van der Waals surface area (Å²) in [5, 5.41) is 8.07. The Morgan fingerprint density at radius 2 is 1.82 bits per heavy atom. The third kappa shape index (κ3) is 7.96. The number of carbonyl (C=O) groups excluding carboxylic acids is 3. The smallest absolute Gasteiger partial charge is 0.356 e. The number of β-lactam (4-membered cyclic amide) rings is 1. The molecule has 6 rings (SSSR count). The number of benzene rings is 2. The quantitative estimate of drug-likeness (QED) is 0.0458. The van der Waals surface area contributed by atoms with Crippen molar-refractivity contribution in [1.82, 2.24) is 24.6 Å². The first-order chi connectivity index (χ1) is 24.4. The maximum Gasteiger partial charge on any atom is 0.356 e. The van der Waals surface area contributed by atoms with Crippen molar-refractivity contribution in [2.75, 3.05) is 23.8 Å². The minimum atomic E-state index is -0.965. The summed E-state index contributed by atoms with van der Waals surface area (Å²) in [6, 6.07) is 23.5. The fraction of sp³-hybridized carbons (Fsp3) is 0.171. The van der Waals surface area contributed by atoms with Crippen LogP contribution in [0, 0.1) is 0 Å². The van der Waals surface area contributed by atoms with Crippen molar-refractivity contribution in [3.05, 3.63) is 137 Å². The van der Waals surface area contributed by atoms with Crippen LogP contribution < -0.4 is 11.1 Å². The van der Waals surface area contributed by atoms with E-state index in [0.717, 1.165) is 33.9 Å². The van der Waals surface area contributed by atoms with Crippen molar-refractivity contribution < 1.29 is 24.0 Å². The largest absolute Gasteiger partial charge is 0.448 e. The topological polar surface area (TPSA) is 162 Å². The average Bonchev–Trinajstić information content (AvgIpc) is 3.59. The zero-order chi connectivity index (χ0) is 34.9. The molecular weight excluding hydrogens is 695 g/mol. The van der Waals surface area contributed by atoms with E-state index in [-0.39, 0.29) is 29.0 Å². The van der Waals surface area contributed by atoms with Gasteiger partial charge >= 0.3 is 5.97 Å². The molecule has 2 aromatic heterocycles. The van der Waals surface area contributed by atoms with Crippen LogP contribution in [0.3, 0.4) is 0 Å². The number of aromatic nitrogens is 3. The van der Waals surface area contributed by atoms with Gasteiger partial charge in [-0.3, -0.25) is 19.5 Å². The van der Waals surface area contributed by atoms with Gasteiger partial charge in [0.2, 0.25) is 11.5 Å². The van der Waals surface area contributed by atoms with Gasteiger partial charge in [-0.25, -0.2) is 4.79 Å². The number of fused-ring (bicyclic) bond motifs is 1. The number of hydrogen-bond acceptors (Lipinski definition) is 13. The third-order valence-electron chi connectivity index (χ3n) is 7.45. The van der Waals surface area contributed by atoms with Crippen LogP contribution in [0.4, 0.5) is 5.13 Å². The van der Waals surface area contributed by atoms with Crippen molar-refractivity contribution in [1.29, 1.82) is 0 Å². The van der Waals surface area contributed by atoms with Crippen LogP contribution in [0.25, 0.3) is 6.08 Å². The van der Waals surface area contributed by atoms with Crippen molar-refractivity contribution in [2.24, 2.45) is 5.16 Å². The zero-order valence-corrected chi connectivity index (χ0v) is 28.9. The molecule has 2 atom stereocenters. The minimum Gasteiger partial charge on any atom is -0.448 e. The lowest BCUT2D eigenvalue weighted by Crippen LogP contribution is -2.71. The molecule has 2 amide bonds. The number of esters is 1. The van der Waals surface area contributed by atoms with E-state index >= 15 is 0 Å². The van der Waals surface area contributed by atoms with Gasteiger partial charge in [0.1, 0.15) is 23.7 Å². The van der Waals surface area contributed by atoms with Crippen molar-refractivity contribution in [3.8, 4) is 0 Å². The lowest BCUT2D eigenvalue weighted by molar-refractivity contribution is -0.154. The highest BCUT2D eigenvalue weighted by molar-refractivity contribution is 8.02. The fourth-order valence-electron chi connectivity index (χ4n) is 5.15. The highest BCUT2D eigenvalue weighted by Crippen LogP contribution is 2.42. The van der Waals surface area contributed by atoms with Crippen LogP contribution in [-0.2, 0) is 24.0 Å². The van der Waals surface area contributed by atoms with E-state index in [1.54, 1.807) is 6.20 Å². The maximum absolute atomic E-state index is 14.2. The molecule has 2 aliphatic heterocycles. The molecular formula is C35H31N7O5S3. The number of rotatable bonds is 14. The summed E-state index contributed by atoms with van der Waals surface area (Å²) in [7, 11) is 0. The number of nitrogen functional groups attached to an aromatic ring is 1. The normalized spacial score (nSPS) is 17.3. The highest BCUT2D eigenvalue weighted by atomic mass is 32.2. The summed E-state index contributed by atoms with van der Waals surface area (Å²) in [4.78, 5) is 56.5. The Hall–Kier alpha value is -5.25. The molecule has 0 spiro atoms. The number of nitrogens with one attached hydrogen (secondary N) is 1. The predicted molar refractivity (Wildman–Crippen MR) is 196 cm³/mol. The Labute approximate surface area is 300 Å². The number of anilines is 1. The molecule has 0 aliphatic carbocycles. The molecule has 15 heteroatoms. The average molecular weight is 726 g/mol. The van der Waals surface area contributed by atoms with Gasteiger partial charge in [0.25, 0.3) is 11.8 Å². The summed E-state index contributed by atoms with van der Waals surface area (Å²) in [5.74, 6) is -1.04. The molecule has 50 heavy (non-hydrogen) atoms. The predicted octanol–water partition coefficient (Wildman–Crippen LogP) is 4.81. The molecule has 0 saturated carbocycles. The van der Waals surface area contributed by atoms with Crippen LogP contribution >= 0.6 is 35.1 Å². The molecule has 0 radical (unpaired) electrons. The maximum atomic E-state index is 14.2. The van der Waals surface area contributed by atoms with Crippen LogP contribution in [0.1, 0.15) is 28.7 Å². The van der Waals surface area contributed by atoms with Crippen LogP contribution in [-0.4, -0.2) is 72.3 Å². The second-order valence-electron chi connectivity index (χ2n) is 10.8. The number of amides is 2. The number of carbonyl (C=O) groups is 3. The Balaban J connectivity index is 1.26. The van der Waals surface area contributed by atoms with E-state index < -0.39 is 35.3 Å². The van der Waals surface area contributed by atoms with Crippen molar-refractivity contribution in [2.45, 2.75) is 17.5 Å². The number of pyridine rings is 1. The Morgan fingerprint density at radius 1 is 1.10 bits per heavy atom. The van der Waals surface area contributed by atoms with Gasteiger partial charge in [-0.15, -0.1) is 23.5 Å². The van der Waals surface area contributed by atoms with Gasteiger partial charge in [0.05, 0.1) is 5.69 Å². The monoisotopic (exact) mass is 725 g/mol. The first-order valence-corrected chi connectivity index (χ1v) is 18.2. The summed E-state index contributed by atoms with van der Waals surface area (Å²) < 4.78 is 10.3. The Morgan fingerprint density at radius 3 is 2.46 bits per heavy atom. The Bertz CT molecular complexity index is 1900. The van der Waals surface area contributed by atoms with E-state index in [4.69, 9.17) is 15.3 Å². The standard InChI is InChI=1S/C35H31N7O5S3/c1-2-18-46-40-26(30-39-35(36)50-41-30)31(43)38-27-32(44)42-28(24(21-49-33(27)42)20-48-19-16-25-15-9-10-17-37-25)34(45)47-29(22-11-5-3-6-12-22)23-13-7-4-8-14-23/h2-17,19,27,29,33H,1,18,20-21H2,(H,38,43)(H2,36,39,41)/b19-16-,40-26?/t27?,33-/m1/s1. The molecule has 1 unspecified atom stereocenters. The Kier molecular flexibility index (Phi) is 11.4. The van der Waals surface area contributed by atoms with Gasteiger partial charge in [0, 0.05) is 29.2 Å². The number of nitrogens with zero attached hydrogens (tertiary/aromatic N) is 5. The lowest BCUT2D eigenvalue weighted by Gasteiger charge is -2.49. The first kappa shape index (κ1) is 34.6. The summed E-state index contributed by atoms with van der Waals surface area (Å²) in [6.07, 6.45) is 4.34. The van der Waals surface area contributed by atoms with Gasteiger partial charge in [0.15, 0.2) is 11.2 Å². The highest BCUT2D eigenvalue weighted by Gasteiger charge is 2.55. The SMILES string of the molecule is C=CCON=C(C(=O)NC1C(=O)N2C(C(=O)OC(c3ccccc3)c3ccccc3)=C(CS/C=C\c3ccccn3)CS[C@H]12)c1nsc(N)n1. The second-order valence-corrected chi connectivity index (χ2v) is 13.6. The van der Waals surface area contributed by atoms with Crippen molar-refractivity contribution >= 4 is 69.8 Å². The van der Waals surface area contributed by atoms with Crippen molar-refractivity contribution in [3.63, 3.8) is 0 Å². The van der Waals surface area contributed by atoms with Crippen LogP contribution in [0.5, 0.6) is 0 Å². The molecule has 254 valence electrons. The number of ether oxygens (including phenoxy) is 1. The molecule has 1 saturated heterocycles. The third-order valence-corrected chi connectivity index (χ3v) is 10.2. The number of oxime groups is 1. The molecule has 0 bridgehead atoms. The first-order valence-electron chi connectivity index (χ1n) is 15.3. The van der Waals surface area contributed by atoms with E-state index in [2.05, 4.69) is 31.4 Å². The molecule has 4 aromatic rings. The van der Waals surface area contributed by atoms with Gasteiger partial charge in [-0.2, -0.15) is 9.36 Å². The summed E-state index contributed by atoms with van der Waals surface area (Å²) in [5.41, 5.74) is 8.75. The van der Waals surface area contributed by atoms with Crippen LogP contribution in [0.15, 0.2) is 120 Å². The fourth-order valence-corrected chi connectivity index (χ4v) is 7.83. The molecule has 4 heterocycles. The number of nitrogens with two attached hydrogens (primary N) is 1. The molecule has 1 fully saturated rings. The summed E-state index contributed by atoms with van der Waals surface area (Å²) >= 11 is 3.80. The number of thioether (sulfide) groups is 2.